The molecule has 13 heavy (non-hydrogen) atoms. The van der Waals surface area contributed by atoms with E-state index in [1.165, 1.54) is 19.3 Å². The molecule has 2 heteroatoms. The van der Waals surface area contributed by atoms with Gasteiger partial charge in [0.2, 0.25) is 0 Å². The maximum atomic E-state index is 4.24. The second-order valence-corrected chi connectivity index (χ2v) is 4.30. The van der Waals surface area contributed by atoms with Crippen molar-refractivity contribution in [2.45, 2.75) is 39.7 Å². The normalized spacial score (nSPS) is 19.8. The molecular formula is C11H18N2. The van der Waals surface area contributed by atoms with Gasteiger partial charge in [-0.25, -0.2) is 4.98 Å². The van der Waals surface area contributed by atoms with Crippen molar-refractivity contribution in [2.75, 3.05) is 0 Å². The smallest absolute Gasteiger partial charge is 0.105 e. The maximum absolute atomic E-state index is 4.24. The predicted octanol–water partition coefficient (Wildman–Crippen LogP) is 2.63. The third kappa shape index (κ3) is 1.77. The van der Waals surface area contributed by atoms with E-state index in [0.29, 0.717) is 0 Å². The molecule has 0 bridgehead atoms. The molecule has 2 nitrogen and oxygen atoms in total. The van der Waals surface area contributed by atoms with Gasteiger partial charge in [-0.1, -0.05) is 26.2 Å². The minimum Gasteiger partial charge on any atom is -0.335 e. The van der Waals surface area contributed by atoms with Crippen LogP contribution in [0.15, 0.2) is 12.4 Å². The van der Waals surface area contributed by atoms with Crippen LogP contribution >= 0.6 is 0 Å². The van der Waals surface area contributed by atoms with Crippen molar-refractivity contribution in [2.24, 2.45) is 11.8 Å². The highest BCUT2D eigenvalue weighted by Crippen LogP contribution is 2.33. The molecule has 1 atom stereocenters. The molecule has 0 amide bonds. The molecule has 2 rings (SSSR count). The topological polar surface area (TPSA) is 17.8 Å². The van der Waals surface area contributed by atoms with Crippen LogP contribution in [0.3, 0.4) is 0 Å². The van der Waals surface area contributed by atoms with E-state index < -0.39 is 0 Å². The van der Waals surface area contributed by atoms with Crippen LogP contribution in [0.2, 0.25) is 0 Å². The molecule has 0 N–H and O–H groups in total. The Labute approximate surface area is 80.0 Å². The first-order chi connectivity index (χ1) is 6.27. The Hall–Kier alpha value is -0.790. The highest BCUT2D eigenvalue weighted by Gasteiger charge is 2.23. The van der Waals surface area contributed by atoms with Gasteiger partial charge in [0.05, 0.1) is 0 Å². The molecule has 0 aromatic carbocycles. The van der Waals surface area contributed by atoms with Gasteiger partial charge in [-0.2, -0.15) is 0 Å². The summed E-state index contributed by atoms with van der Waals surface area (Å²) < 4.78 is 2.27. The summed E-state index contributed by atoms with van der Waals surface area (Å²) in [5.41, 5.74) is 0. The highest BCUT2D eigenvalue weighted by atomic mass is 15.1. The van der Waals surface area contributed by atoms with E-state index in [1.54, 1.807) is 0 Å². The zero-order chi connectivity index (χ0) is 9.26. The van der Waals surface area contributed by atoms with Crippen molar-refractivity contribution in [1.82, 2.24) is 9.55 Å². The second-order valence-electron chi connectivity index (χ2n) is 4.30. The number of rotatable bonds is 3. The lowest BCUT2D eigenvalue weighted by atomic mass is 9.77. The monoisotopic (exact) mass is 178 g/mol. The van der Waals surface area contributed by atoms with Crippen molar-refractivity contribution in [3.8, 4) is 0 Å². The maximum Gasteiger partial charge on any atom is 0.105 e. The van der Waals surface area contributed by atoms with Crippen LogP contribution in [-0.2, 0) is 6.54 Å². The molecule has 1 fully saturated rings. The Kier molecular flexibility index (Phi) is 2.38. The third-order valence-electron chi connectivity index (χ3n) is 3.36. The molecule has 0 aliphatic heterocycles. The molecule has 1 aromatic rings. The first-order valence-corrected chi connectivity index (χ1v) is 5.25. The quantitative estimate of drug-likeness (QED) is 0.695. The minimum atomic E-state index is 0.821. The van der Waals surface area contributed by atoms with Crippen LogP contribution < -0.4 is 0 Å². The summed E-state index contributed by atoms with van der Waals surface area (Å²) in [7, 11) is 0. The number of nitrogens with zero attached hydrogens (tertiary/aromatic N) is 2. The average molecular weight is 178 g/mol. The standard InChI is InChI=1S/C11H18N2/c1-9(11-4-3-5-11)8-13-7-6-12-10(13)2/h6-7,9,11H,3-5,8H2,1-2H3. The third-order valence-corrected chi connectivity index (χ3v) is 3.36. The van der Waals surface area contributed by atoms with Gasteiger partial charge >= 0.3 is 0 Å². The molecule has 1 aromatic heterocycles. The van der Waals surface area contributed by atoms with Gasteiger partial charge < -0.3 is 4.57 Å². The number of aryl methyl sites for hydroxylation is 1. The van der Waals surface area contributed by atoms with Gasteiger partial charge in [0, 0.05) is 18.9 Å². The summed E-state index contributed by atoms with van der Waals surface area (Å²) in [5, 5.41) is 0. The Morgan fingerprint density at radius 2 is 2.38 bits per heavy atom. The summed E-state index contributed by atoms with van der Waals surface area (Å²) >= 11 is 0. The Balaban J connectivity index is 1.93. The first kappa shape index (κ1) is 8.79. The van der Waals surface area contributed by atoms with Crippen LogP contribution in [0, 0.1) is 18.8 Å². The van der Waals surface area contributed by atoms with Gasteiger partial charge in [-0.3, -0.25) is 0 Å². The summed E-state index contributed by atoms with van der Waals surface area (Å²) in [4.78, 5) is 4.24. The van der Waals surface area contributed by atoms with Gasteiger partial charge in [0.1, 0.15) is 5.82 Å². The van der Waals surface area contributed by atoms with E-state index in [4.69, 9.17) is 0 Å². The Morgan fingerprint density at radius 3 is 2.85 bits per heavy atom. The van der Waals surface area contributed by atoms with Crippen LogP contribution in [0.1, 0.15) is 32.0 Å². The van der Waals surface area contributed by atoms with Crippen molar-refractivity contribution in [3.05, 3.63) is 18.2 Å². The van der Waals surface area contributed by atoms with Crippen LogP contribution in [0.4, 0.5) is 0 Å². The van der Waals surface area contributed by atoms with Crippen molar-refractivity contribution in [1.29, 1.82) is 0 Å². The lowest BCUT2D eigenvalue weighted by Crippen LogP contribution is -2.23. The summed E-state index contributed by atoms with van der Waals surface area (Å²) in [6, 6.07) is 0. The van der Waals surface area contributed by atoms with E-state index in [0.717, 1.165) is 24.2 Å². The van der Waals surface area contributed by atoms with Gasteiger partial charge in [-0.05, 0) is 18.8 Å². The molecule has 1 aliphatic rings. The number of aromatic nitrogens is 2. The van der Waals surface area contributed by atoms with Crippen molar-refractivity contribution in [3.63, 3.8) is 0 Å². The molecule has 1 saturated carbocycles. The van der Waals surface area contributed by atoms with Crippen molar-refractivity contribution < 1.29 is 0 Å². The predicted molar refractivity (Wildman–Crippen MR) is 53.5 cm³/mol. The zero-order valence-corrected chi connectivity index (χ0v) is 8.53. The fourth-order valence-corrected chi connectivity index (χ4v) is 2.06. The van der Waals surface area contributed by atoms with Gasteiger partial charge in [0.25, 0.3) is 0 Å². The minimum absolute atomic E-state index is 0.821. The van der Waals surface area contributed by atoms with Gasteiger partial charge in [0.15, 0.2) is 0 Å². The Bertz CT molecular complexity index is 273. The lowest BCUT2D eigenvalue weighted by molar-refractivity contribution is 0.200. The molecular weight excluding hydrogens is 160 g/mol. The number of hydrogen-bond acceptors (Lipinski definition) is 1. The van der Waals surface area contributed by atoms with E-state index >= 15 is 0 Å². The van der Waals surface area contributed by atoms with Crippen LogP contribution in [-0.4, -0.2) is 9.55 Å². The van der Waals surface area contributed by atoms with E-state index in [9.17, 15) is 0 Å². The Morgan fingerprint density at radius 1 is 1.62 bits per heavy atom. The zero-order valence-electron chi connectivity index (χ0n) is 8.53. The van der Waals surface area contributed by atoms with E-state index in [-0.39, 0.29) is 0 Å². The van der Waals surface area contributed by atoms with Crippen molar-refractivity contribution >= 4 is 0 Å². The SMILES string of the molecule is Cc1nccn1CC(C)C1CCC1. The fraction of sp³-hybridized carbons (Fsp3) is 0.727. The van der Waals surface area contributed by atoms with E-state index in [2.05, 4.69) is 29.6 Å². The molecule has 0 saturated heterocycles. The second kappa shape index (κ2) is 3.52. The summed E-state index contributed by atoms with van der Waals surface area (Å²) in [5.74, 6) is 2.94. The first-order valence-electron chi connectivity index (χ1n) is 5.25. The largest absolute Gasteiger partial charge is 0.335 e. The number of hydrogen-bond donors (Lipinski definition) is 0. The van der Waals surface area contributed by atoms with E-state index in [1.807, 2.05) is 6.20 Å². The average Bonchev–Trinajstić information content (AvgIpc) is 2.32. The molecule has 1 unspecified atom stereocenters. The molecule has 0 radical (unpaired) electrons. The van der Waals surface area contributed by atoms with Gasteiger partial charge in [-0.15, -0.1) is 0 Å². The van der Waals surface area contributed by atoms with Crippen LogP contribution in [0.5, 0.6) is 0 Å². The molecule has 0 spiro atoms. The fourth-order valence-electron chi connectivity index (χ4n) is 2.06. The number of imidazole rings is 1. The summed E-state index contributed by atoms with van der Waals surface area (Å²) in [6.07, 6.45) is 8.30. The lowest BCUT2D eigenvalue weighted by Gasteiger charge is -2.31. The molecule has 72 valence electrons. The summed E-state index contributed by atoms with van der Waals surface area (Å²) in [6.45, 7) is 5.59. The molecule has 1 aliphatic carbocycles. The van der Waals surface area contributed by atoms with Crippen LogP contribution in [0.25, 0.3) is 0 Å². The molecule has 1 heterocycles. The highest BCUT2D eigenvalue weighted by molar-refractivity contribution is 4.89.